The number of nitrogen functional groups attached to an aromatic ring is 1. The van der Waals surface area contributed by atoms with Crippen molar-refractivity contribution in [1.29, 1.82) is 0 Å². The molecular formula is C11H16N4O4S. The molecule has 1 aromatic rings. The van der Waals surface area contributed by atoms with Crippen LogP contribution >= 0.6 is 0 Å². The molecule has 4 N–H and O–H groups in total. The van der Waals surface area contributed by atoms with E-state index in [-0.39, 0.29) is 23.0 Å². The van der Waals surface area contributed by atoms with E-state index in [1.165, 1.54) is 24.5 Å². The molecule has 0 aliphatic rings. The number of carbonyl (C=O) groups is 1. The number of carbonyl (C=O) groups excluding carboxylic acids is 1. The van der Waals surface area contributed by atoms with Crippen LogP contribution in [-0.2, 0) is 10.8 Å². The lowest BCUT2D eigenvalue weighted by Crippen LogP contribution is -2.36. The number of hydrazine groups is 1. The molecule has 0 saturated heterocycles. The van der Waals surface area contributed by atoms with Crippen LogP contribution in [0.3, 0.4) is 0 Å². The molecule has 0 aromatic heterocycles. The fourth-order valence-electron chi connectivity index (χ4n) is 1.66. The molecule has 0 heterocycles. The number of rotatable bonds is 6. The van der Waals surface area contributed by atoms with Gasteiger partial charge >= 0.3 is 0 Å². The summed E-state index contributed by atoms with van der Waals surface area (Å²) < 4.78 is 11.1. The summed E-state index contributed by atoms with van der Waals surface area (Å²) in [5, 5.41) is 13.5. The maximum atomic E-state index is 12.0. The van der Waals surface area contributed by atoms with Crippen LogP contribution in [-0.4, -0.2) is 33.1 Å². The van der Waals surface area contributed by atoms with E-state index >= 15 is 0 Å². The summed E-state index contributed by atoms with van der Waals surface area (Å²) >= 11 is 0. The van der Waals surface area contributed by atoms with Crippen molar-refractivity contribution >= 4 is 28.1 Å². The first kappa shape index (κ1) is 16.1. The molecule has 1 aromatic carbocycles. The third-order valence-corrected chi connectivity index (χ3v) is 3.44. The van der Waals surface area contributed by atoms with E-state index in [0.29, 0.717) is 5.69 Å². The summed E-state index contributed by atoms with van der Waals surface area (Å²) in [5.74, 6) is 4.89. The molecule has 8 nitrogen and oxygen atoms in total. The third-order valence-electron chi connectivity index (χ3n) is 2.47. The smallest absolute Gasteiger partial charge is 0.282 e. The molecule has 20 heavy (non-hydrogen) atoms. The van der Waals surface area contributed by atoms with E-state index < -0.39 is 21.6 Å². The van der Waals surface area contributed by atoms with Gasteiger partial charge in [0.2, 0.25) is 0 Å². The predicted octanol–water partition coefficient (Wildman–Crippen LogP) is 0.377. The normalized spacial score (nSPS) is 13.3. The summed E-state index contributed by atoms with van der Waals surface area (Å²) in [5.41, 5.74) is 2.29. The number of nitrogens with zero attached hydrogens (tertiary/aromatic N) is 1. The van der Waals surface area contributed by atoms with Gasteiger partial charge in [0.1, 0.15) is 5.56 Å². The Labute approximate surface area is 118 Å². The Morgan fingerprint density at radius 2 is 2.20 bits per heavy atom. The zero-order valence-corrected chi connectivity index (χ0v) is 11.9. The zero-order valence-electron chi connectivity index (χ0n) is 11.1. The van der Waals surface area contributed by atoms with Crippen molar-refractivity contribution in [3.63, 3.8) is 0 Å². The number of benzene rings is 1. The van der Waals surface area contributed by atoms with Crippen LogP contribution in [0, 0.1) is 10.1 Å². The summed E-state index contributed by atoms with van der Waals surface area (Å²) in [6, 6.07) is 3.54. The van der Waals surface area contributed by atoms with Gasteiger partial charge in [0, 0.05) is 40.6 Å². The maximum Gasteiger partial charge on any atom is 0.282 e. The van der Waals surface area contributed by atoms with E-state index in [1.54, 1.807) is 6.92 Å². The Bertz CT molecular complexity index is 549. The summed E-state index contributed by atoms with van der Waals surface area (Å²) in [6.07, 6.45) is 1.52. The van der Waals surface area contributed by atoms with Gasteiger partial charge in [-0.1, -0.05) is 0 Å². The van der Waals surface area contributed by atoms with Gasteiger partial charge in [0.25, 0.3) is 11.6 Å². The first-order valence-corrected chi connectivity index (χ1v) is 7.43. The van der Waals surface area contributed by atoms with Crippen LogP contribution in [0.4, 0.5) is 11.4 Å². The van der Waals surface area contributed by atoms with E-state index in [2.05, 4.69) is 10.7 Å². The number of hydrogen-bond acceptors (Lipinski definition) is 6. The van der Waals surface area contributed by atoms with Crippen molar-refractivity contribution in [3.05, 3.63) is 33.9 Å². The van der Waals surface area contributed by atoms with E-state index in [9.17, 15) is 19.1 Å². The standard InChI is InChI=1S/C11H16N4O4S/c1-7(6-20(2)19)13-11(16)9-5-8(14-12)3-4-10(9)15(17)18/h3-5,7,14H,6,12H2,1-2H3,(H,13,16). The Kier molecular flexibility index (Phi) is 5.59. The van der Waals surface area contributed by atoms with Gasteiger partial charge < -0.3 is 10.7 Å². The highest BCUT2D eigenvalue weighted by Gasteiger charge is 2.22. The van der Waals surface area contributed by atoms with Crippen molar-refractivity contribution in [2.24, 2.45) is 5.84 Å². The van der Waals surface area contributed by atoms with Gasteiger partial charge in [-0.25, -0.2) is 0 Å². The lowest BCUT2D eigenvalue weighted by Gasteiger charge is -2.13. The topological polar surface area (TPSA) is 127 Å². The fourth-order valence-corrected chi connectivity index (χ4v) is 2.45. The van der Waals surface area contributed by atoms with Crippen LogP contribution in [0.25, 0.3) is 0 Å². The number of nitrogens with two attached hydrogens (primary N) is 1. The summed E-state index contributed by atoms with van der Waals surface area (Å²) in [7, 11) is -1.07. The molecule has 0 fully saturated rings. The minimum Gasteiger partial charge on any atom is -0.348 e. The molecule has 0 saturated carbocycles. The first-order valence-electron chi connectivity index (χ1n) is 5.71. The Hall–Kier alpha value is -2.00. The molecule has 1 rings (SSSR count). The van der Waals surface area contributed by atoms with Crippen molar-refractivity contribution in [1.82, 2.24) is 5.32 Å². The van der Waals surface area contributed by atoms with Crippen LogP contribution in [0.15, 0.2) is 18.2 Å². The molecule has 0 aliphatic heterocycles. The number of anilines is 1. The second-order valence-electron chi connectivity index (χ2n) is 4.25. The minimum absolute atomic E-state index is 0.0980. The van der Waals surface area contributed by atoms with Crippen molar-refractivity contribution in [2.75, 3.05) is 17.4 Å². The van der Waals surface area contributed by atoms with Gasteiger partial charge in [-0.05, 0) is 19.1 Å². The van der Waals surface area contributed by atoms with Crippen LogP contribution in [0.2, 0.25) is 0 Å². The number of nitrogens with one attached hydrogen (secondary N) is 2. The van der Waals surface area contributed by atoms with Crippen LogP contribution in [0.5, 0.6) is 0 Å². The molecular weight excluding hydrogens is 284 g/mol. The molecule has 0 radical (unpaired) electrons. The van der Waals surface area contributed by atoms with E-state index in [0.717, 1.165) is 0 Å². The quantitative estimate of drug-likeness (QED) is 0.396. The molecule has 9 heteroatoms. The van der Waals surface area contributed by atoms with Gasteiger partial charge in [0.05, 0.1) is 4.92 Å². The Balaban J connectivity index is 3.01. The van der Waals surface area contributed by atoms with Gasteiger partial charge in [-0.15, -0.1) is 0 Å². The van der Waals surface area contributed by atoms with Crippen LogP contribution in [0.1, 0.15) is 17.3 Å². The highest BCUT2D eigenvalue weighted by molar-refractivity contribution is 7.84. The Morgan fingerprint density at radius 3 is 2.70 bits per heavy atom. The predicted molar refractivity (Wildman–Crippen MR) is 76.8 cm³/mol. The highest BCUT2D eigenvalue weighted by Crippen LogP contribution is 2.22. The molecule has 0 aliphatic carbocycles. The fraction of sp³-hybridized carbons (Fsp3) is 0.364. The number of amides is 1. The van der Waals surface area contributed by atoms with E-state index in [1.807, 2.05) is 0 Å². The second-order valence-corrected chi connectivity index (χ2v) is 5.73. The molecule has 2 atom stereocenters. The summed E-state index contributed by atoms with van der Waals surface area (Å²) in [6.45, 7) is 1.68. The molecule has 110 valence electrons. The second kappa shape index (κ2) is 6.96. The summed E-state index contributed by atoms with van der Waals surface area (Å²) in [4.78, 5) is 22.3. The maximum absolute atomic E-state index is 12.0. The van der Waals surface area contributed by atoms with Gasteiger partial charge in [-0.3, -0.25) is 25.0 Å². The molecule has 2 unspecified atom stereocenters. The minimum atomic E-state index is -1.07. The van der Waals surface area contributed by atoms with Crippen molar-refractivity contribution in [2.45, 2.75) is 13.0 Å². The largest absolute Gasteiger partial charge is 0.348 e. The van der Waals surface area contributed by atoms with Crippen molar-refractivity contribution in [3.8, 4) is 0 Å². The Morgan fingerprint density at radius 1 is 1.55 bits per heavy atom. The number of hydrogen-bond donors (Lipinski definition) is 3. The lowest BCUT2D eigenvalue weighted by atomic mass is 10.1. The third kappa shape index (κ3) is 4.28. The van der Waals surface area contributed by atoms with Gasteiger partial charge in [-0.2, -0.15) is 0 Å². The SMILES string of the molecule is CC(CS(C)=O)NC(=O)c1cc(NN)ccc1[N+](=O)[O-]. The van der Waals surface area contributed by atoms with Crippen molar-refractivity contribution < 1.29 is 13.9 Å². The zero-order chi connectivity index (χ0) is 15.3. The van der Waals surface area contributed by atoms with E-state index in [4.69, 9.17) is 5.84 Å². The number of nitro groups is 1. The monoisotopic (exact) mass is 300 g/mol. The lowest BCUT2D eigenvalue weighted by molar-refractivity contribution is -0.385. The number of nitro benzene ring substituents is 1. The molecule has 0 bridgehead atoms. The average Bonchev–Trinajstić information content (AvgIpc) is 2.36. The van der Waals surface area contributed by atoms with Gasteiger partial charge in [0.15, 0.2) is 0 Å². The molecule has 1 amide bonds. The molecule has 0 spiro atoms. The van der Waals surface area contributed by atoms with Crippen LogP contribution < -0.4 is 16.6 Å². The average molecular weight is 300 g/mol. The first-order chi connectivity index (χ1) is 9.35. The highest BCUT2D eigenvalue weighted by atomic mass is 32.2.